The third-order valence-electron chi connectivity index (χ3n) is 1.93. The number of benzene rings is 1. The quantitative estimate of drug-likeness (QED) is 0.620. The zero-order valence-electron chi connectivity index (χ0n) is 7.33. The van der Waals surface area contributed by atoms with Crippen LogP contribution in [0.3, 0.4) is 0 Å². The second-order valence-corrected chi connectivity index (χ2v) is 3.74. The van der Waals surface area contributed by atoms with Gasteiger partial charge in [0.2, 0.25) is 0 Å². The molecule has 0 amide bonds. The summed E-state index contributed by atoms with van der Waals surface area (Å²) in [5, 5.41) is 1.87. The number of hydrogen-bond acceptors (Lipinski definition) is 1. The minimum absolute atomic E-state index is 0.214. The van der Waals surface area contributed by atoms with Crippen molar-refractivity contribution in [2.75, 3.05) is 0 Å². The minimum Gasteiger partial charge on any atom is -0.206 e. The van der Waals surface area contributed by atoms with Gasteiger partial charge in [-0.15, -0.1) is 17.8 Å². The molecule has 1 heterocycles. The molecule has 1 aromatic carbocycles. The SMILES string of the molecule is C#Cc1cc(-c2ccccc2F)cs1. The second kappa shape index (κ2) is 3.65. The first-order valence-electron chi connectivity index (χ1n) is 4.11. The number of thiophene rings is 1. The molecule has 2 aromatic rings. The predicted octanol–water partition coefficient (Wildman–Crippen LogP) is 3.54. The molecular weight excluding hydrogens is 195 g/mol. The van der Waals surface area contributed by atoms with Crippen LogP contribution in [0.4, 0.5) is 4.39 Å². The van der Waals surface area contributed by atoms with Gasteiger partial charge in [0.1, 0.15) is 5.82 Å². The number of hydrogen-bond donors (Lipinski definition) is 0. The first-order chi connectivity index (χ1) is 6.81. The zero-order valence-corrected chi connectivity index (χ0v) is 8.14. The van der Waals surface area contributed by atoms with Crippen molar-refractivity contribution in [1.29, 1.82) is 0 Å². The molecule has 0 spiro atoms. The van der Waals surface area contributed by atoms with E-state index in [0.717, 1.165) is 10.4 Å². The van der Waals surface area contributed by atoms with Crippen molar-refractivity contribution in [3.8, 4) is 23.5 Å². The van der Waals surface area contributed by atoms with Crippen molar-refractivity contribution in [2.45, 2.75) is 0 Å². The van der Waals surface area contributed by atoms with Crippen molar-refractivity contribution >= 4 is 11.3 Å². The largest absolute Gasteiger partial charge is 0.206 e. The predicted molar refractivity (Wildman–Crippen MR) is 57.6 cm³/mol. The van der Waals surface area contributed by atoms with Crippen LogP contribution in [-0.4, -0.2) is 0 Å². The number of rotatable bonds is 1. The molecule has 14 heavy (non-hydrogen) atoms. The molecule has 2 heteroatoms. The van der Waals surface area contributed by atoms with Gasteiger partial charge in [-0.2, -0.15) is 0 Å². The Morgan fingerprint density at radius 1 is 1.29 bits per heavy atom. The molecule has 0 nitrogen and oxygen atoms in total. The van der Waals surface area contributed by atoms with Crippen molar-refractivity contribution in [3.05, 3.63) is 46.4 Å². The summed E-state index contributed by atoms with van der Waals surface area (Å²) in [5.41, 5.74) is 1.45. The van der Waals surface area contributed by atoms with E-state index < -0.39 is 0 Å². The fourth-order valence-corrected chi connectivity index (χ4v) is 1.96. The summed E-state index contributed by atoms with van der Waals surface area (Å²) >= 11 is 1.45. The van der Waals surface area contributed by atoms with Crippen molar-refractivity contribution < 1.29 is 4.39 Å². The van der Waals surface area contributed by atoms with Gasteiger partial charge in [-0.3, -0.25) is 0 Å². The summed E-state index contributed by atoms with van der Waals surface area (Å²) in [6.07, 6.45) is 5.25. The fourth-order valence-electron chi connectivity index (χ4n) is 1.25. The van der Waals surface area contributed by atoms with Crippen LogP contribution in [0.5, 0.6) is 0 Å². The van der Waals surface area contributed by atoms with Crippen LogP contribution < -0.4 is 0 Å². The van der Waals surface area contributed by atoms with Gasteiger partial charge < -0.3 is 0 Å². The Hall–Kier alpha value is -1.59. The Kier molecular flexibility index (Phi) is 2.34. The Balaban J connectivity index is 2.51. The summed E-state index contributed by atoms with van der Waals surface area (Å²) in [4.78, 5) is 0.822. The zero-order chi connectivity index (χ0) is 9.97. The highest BCUT2D eigenvalue weighted by atomic mass is 32.1. The van der Waals surface area contributed by atoms with Crippen molar-refractivity contribution in [1.82, 2.24) is 0 Å². The van der Waals surface area contributed by atoms with E-state index in [2.05, 4.69) is 5.92 Å². The normalized spacial score (nSPS) is 9.71. The Labute approximate surface area is 86.0 Å². The molecule has 0 atom stereocenters. The van der Waals surface area contributed by atoms with Crippen LogP contribution >= 0.6 is 11.3 Å². The summed E-state index contributed by atoms with van der Waals surface area (Å²) in [7, 11) is 0. The highest BCUT2D eigenvalue weighted by Crippen LogP contribution is 2.26. The number of halogens is 1. The van der Waals surface area contributed by atoms with E-state index in [4.69, 9.17) is 6.42 Å². The minimum atomic E-state index is -0.214. The van der Waals surface area contributed by atoms with Crippen LogP contribution in [0.15, 0.2) is 35.7 Å². The van der Waals surface area contributed by atoms with Gasteiger partial charge >= 0.3 is 0 Å². The standard InChI is InChI=1S/C12H7FS/c1-2-10-7-9(8-14-10)11-5-3-4-6-12(11)13/h1,3-8H. The summed E-state index contributed by atoms with van der Waals surface area (Å²) in [6, 6.07) is 8.50. The fraction of sp³-hybridized carbons (Fsp3) is 0. The molecule has 0 saturated heterocycles. The lowest BCUT2D eigenvalue weighted by atomic mass is 10.1. The van der Waals surface area contributed by atoms with E-state index >= 15 is 0 Å². The van der Waals surface area contributed by atoms with Gasteiger partial charge in [-0.1, -0.05) is 24.1 Å². The van der Waals surface area contributed by atoms with Gasteiger partial charge in [-0.25, -0.2) is 4.39 Å². The second-order valence-electron chi connectivity index (χ2n) is 2.82. The van der Waals surface area contributed by atoms with Crippen LogP contribution in [0, 0.1) is 18.2 Å². The van der Waals surface area contributed by atoms with Gasteiger partial charge in [0.25, 0.3) is 0 Å². The summed E-state index contributed by atoms with van der Waals surface area (Å²) in [6.45, 7) is 0. The van der Waals surface area contributed by atoms with Crippen molar-refractivity contribution in [3.63, 3.8) is 0 Å². The van der Waals surface area contributed by atoms with Gasteiger partial charge in [-0.05, 0) is 23.1 Å². The maximum Gasteiger partial charge on any atom is 0.131 e. The lowest BCUT2D eigenvalue weighted by molar-refractivity contribution is 0.631. The van der Waals surface area contributed by atoms with E-state index in [0.29, 0.717) is 5.56 Å². The van der Waals surface area contributed by atoms with Crippen LogP contribution in [0.2, 0.25) is 0 Å². The van der Waals surface area contributed by atoms with E-state index in [9.17, 15) is 4.39 Å². The summed E-state index contributed by atoms with van der Waals surface area (Å²) in [5.74, 6) is 2.32. The van der Waals surface area contributed by atoms with E-state index in [1.165, 1.54) is 17.4 Å². The van der Waals surface area contributed by atoms with Crippen LogP contribution in [0.25, 0.3) is 11.1 Å². The van der Waals surface area contributed by atoms with Crippen LogP contribution in [-0.2, 0) is 0 Å². The molecule has 0 aliphatic heterocycles. The average molecular weight is 202 g/mol. The van der Waals surface area contributed by atoms with E-state index in [-0.39, 0.29) is 5.82 Å². The molecule has 0 unspecified atom stereocenters. The monoisotopic (exact) mass is 202 g/mol. The van der Waals surface area contributed by atoms with E-state index in [1.54, 1.807) is 12.1 Å². The van der Waals surface area contributed by atoms with E-state index in [1.807, 2.05) is 17.5 Å². The molecule has 0 bridgehead atoms. The topological polar surface area (TPSA) is 0 Å². The third kappa shape index (κ3) is 1.55. The first-order valence-corrected chi connectivity index (χ1v) is 4.99. The smallest absolute Gasteiger partial charge is 0.131 e. The summed E-state index contributed by atoms with van der Waals surface area (Å²) < 4.78 is 13.3. The molecular formula is C12H7FS. The van der Waals surface area contributed by atoms with Crippen LogP contribution in [0.1, 0.15) is 4.88 Å². The Morgan fingerprint density at radius 2 is 2.07 bits per heavy atom. The molecule has 0 N–H and O–H groups in total. The molecule has 2 rings (SSSR count). The molecule has 0 aliphatic carbocycles. The first kappa shape index (κ1) is 8.98. The Morgan fingerprint density at radius 3 is 2.71 bits per heavy atom. The third-order valence-corrected chi connectivity index (χ3v) is 2.79. The van der Waals surface area contributed by atoms with Gasteiger partial charge in [0, 0.05) is 5.56 Å². The molecule has 0 fully saturated rings. The lowest BCUT2D eigenvalue weighted by Crippen LogP contribution is -1.79. The molecule has 0 radical (unpaired) electrons. The molecule has 0 aliphatic rings. The van der Waals surface area contributed by atoms with Gasteiger partial charge in [0.05, 0.1) is 4.88 Å². The highest BCUT2D eigenvalue weighted by Gasteiger charge is 2.05. The Bertz CT molecular complexity index is 491. The average Bonchev–Trinajstić information content (AvgIpc) is 2.67. The van der Waals surface area contributed by atoms with Crippen molar-refractivity contribution in [2.24, 2.45) is 0 Å². The maximum atomic E-state index is 13.3. The molecule has 0 saturated carbocycles. The number of terminal acetylenes is 1. The highest BCUT2D eigenvalue weighted by molar-refractivity contribution is 7.11. The van der Waals surface area contributed by atoms with Gasteiger partial charge in [0.15, 0.2) is 0 Å². The maximum absolute atomic E-state index is 13.3. The molecule has 1 aromatic heterocycles. The lowest BCUT2D eigenvalue weighted by Gasteiger charge is -1.97. The molecule has 68 valence electrons.